The third-order valence-electron chi connectivity index (χ3n) is 5.72. The highest BCUT2D eigenvalue weighted by Crippen LogP contribution is 2.43. The van der Waals surface area contributed by atoms with E-state index in [-0.39, 0.29) is 5.91 Å². The van der Waals surface area contributed by atoms with Gasteiger partial charge < -0.3 is 10.6 Å². The highest BCUT2D eigenvalue weighted by molar-refractivity contribution is 5.77. The maximum atomic E-state index is 12.0. The Kier molecular flexibility index (Phi) is 6.67. The number of carbonyl (C=O) groups excluding carboxylic acids is 1. The number of rotatable bonds is 6. The van der Waals surface area contributed by atoms with Crippen LogP contribution >= 0.6 is 0 Å². The van der Waals surface area contributed by atoms with Crippen LogP contribution in [-0.4, -0.2) is 56.0 Å². The first-order valence-electron chi connectivity index (χ1n) is 8.33. The molecular formula is C17H35N3O. The molecule has 1 rings (SSSR count). The first kappa shape index (κ1) is 18.4. The summed E-state index contributed by atoms with van der Waals surface area (Å²) < 4.78 is 0. The minimum atomic E-state index is 0.171. The van der Waals surface area contributed by atoms with E-state index in [4.69, 9.17) is 5.73 Å². The Morgan fingerprint density at radius 3 is 2.33 bits per heavy atom. The lowest BCUT2D eigenvalue weighted by molar-refractivity contribution is -0.130. The molecule has 3 atom stereocenters. The quantitative estimate of drug-likeness (QED) is 0.817. The van der Waals surface area contributed by atoms with Crippen molar-refractivity contribution in [3.8, 4) is 0 Å². The Balaban J connectivity index is 2.77. The smallest absolute Gasteiger partial charge is 0.236 e. The van der Waals surface area contributed by atoms with Gasteiger partial charge in [-0.3, -0.25) is 9.69 Å². The molecule has 0 bridgehead atoms. The van der Waals surface area contributed by atoms with E-state index in [0.29, 0.717) is 23.9 Å². The van der Waals surface area contributed by atoms with Crippen LogP contribution in [0.4, 0.5) is 0 Å². The number of nitrogens with zero attached hydrogens (tertiary/aromatic N) is 2. The Bertz CT molecular complexity index is 341. The van der Waals surface area contributed by atoms with E-state index in [1.165, 1.54) is 25.7 Å². The van der Waals surface area contributed by atoms with E-state index in [2.05, 4.69) is 32.7 Å². The number of carbonyl (C=O) groups is 1. The van der Waals surface area contributed by atoms with Crippen LogP contribution in [-0.2, 0) is 4.79 Å². The van der Waals surface area contributed by atoms with Crippen LogP contribution in [0.15, 0.2) is 0 Å². The molecule has 0 aliphatic heterocycles. The lowest BCUT2D eigenvalue weighted by atomic mass is 9.65. The van der Waals surface area contributed by atoms with Crippen molar-refractivity contribution in [2.24, 2.45) is 23.0 Å². The number of likely N-dealkylation sites (N-methyl/N-ethyl adjacent to an activating group) is 2. The van der Waals surface area contributed by atoms with Gasteiger partial charge in [0.05, 0.1) is 6.54 Å². The summed E-state index contributed by atoms with van der Waals surface area (Å²) in [5.74, 6) is 1.42. The average molecular weight is 297 g/mol. The van der Waals surface area contributed by atoms with Gasteiger partial charge in [-0.2, -0.15) is 0 Å². The molecule has 0 aromatic heterocycles. The van der Waals surface area contributed by atoms with Crippen LogP contribution in [0.2, 0.25) is 0 Å². The van der Waals surface area contributed by atoms with E-state index in [1.807, 2.05) is 14.1 Å². The second-order valence-corrected chi connectivity index (χ2v) is 7.62. The predicted molar refractivity (Wildman–Crippen MR) is 89.1 cm³/mol. The van der Waals surface area contributed by atoms with Gasteiger partial charge in [0.15, 0.2) is 0 Å². The van der Waals surface area contributed by atoms with Gasteiger partial charge in [0.25, 0.3) is 0 Å². The predicted octanol–water partition coefficient (Wildman–Crippen LogP) is 2.19. The summed E-state index contributed by atoms with van der Waals surface area (Å²) in [4.78, 5) is 15.9. The van der Waals surface area contributed by atoms with Crippen molar-refractivity contribution >= 4 is 5.91 Å². The summed E-state index contributed by atoms with van der Waals surface area (Å²) in [5, 5.41) is 0. The molecule has 4 nitrogen and oxygen atoms in total. The largest absolute Gasteiger partial charge is 0.348 e. The molecule has 1 fully saturated rings. The number of nitrogens with two attached hydrogens (primary N) is 1. The minimum Gasteiger partial charge on any atom is -0.348 e. The molecule has 1 aliphatic carbocycles. The first-order valence-corrected chi connectivity index (χ1v) is 8.33. The number of hydrogen-bond donors (Lipinski definition) is 1. The zero-order valence-electron chi connectivity index (χ0n) is 14.9. The molecule has 1 aliphatic rings. The first-order chi connectivity index (χ1) is 9.72. The molecule has 0 heterocycles. The fourth-order valence-electron chi connectivity index (χ4n) is 3.49. The van der Waals surface area contributed by atoms with Crippen molar-refractivity contribution in [2.75, 3.05) is 34.2 Å². The summed E-state index contributed by atoms with van der Waals surface area (Å²) in [5.41, 5.74) is 6.37. The van der Waals surface area contributed by atoms with E-state index in [1.54, 1.807) is 4.90 Å². The van der Waals surface area contributed by atoms with E-state index in [0.717, 1.165) is 12.5 Å². The van der Waals surface area contributed by atoms with Crippen LogP contribution in [0.1, 0.15) is 46.5 Å². The van der Waals surface area contributed by atoms with E-state index < -0.39 is 0 Å². The molecule has 124 valence electrons. The van der Waals surface area contributed by atoms with Gasteiger partial charge in [0, 0.05) is 20.1 Å². The molecule has 3 unspecified atom stereocenters. The number of hydrogen-bond acceptors (Lipinski definition) is 3. The Hall–Kier alpha value is -0.610. The summed E-state index contributed by atoms with van der Waals surface area (Å²) in [6.45, 7) is 8.26. The van der Waals surface area contributed by atoms with Crippen LogP contribution in [0.3, 0.4) is 0 Å². The Morgan fingerprint density at radius 2 is 1.86 bits per heavy atom. The molecule has 1 amide bonds. The number of amides is 1. The summed E-state index contributed by atoms with van der Waals surface area (Å²) >= 11 is 0. The molecule has 2 N–H and O–H groups in total. The van der Waals surface area contributed by atoms with E-state index >= 15 is 0 Å². The third kappa shape index (κ3) is 4.68. The molecule has 0 radical (unpaired) electrons. The maximum absolute atomic E-state index is 12.0. The molecule has 21 heavy (non-hydrogen) atoms. The summed E-state index contributed by atoms with van der Waals surface area (Å²) in [7, 11) is 5.72. The zero-order chi connectivity index (χ0) is 16.2. The van der Waals surface area contributed by atoms with Crippen molar-refractivity contribution in [3.63, 3.8) is 0 Å². The highest BCUT2D eigenvalue weighted by atomic mass is 16.2. The van der Waals surface area contributed by atoms with Crippen molar-refractivity contribution in [1.29, 1.82) is 0 Å². The molecule has 4 heteroatoms. The standard InChI is InChI=1S/C17H35N3O/c1-7-17(2,3)14-9-8-13(11-18)15(10-14)20(6)12-16(21)19(4)5/h13-15H,7-12,18H2,1-6H3. The lowest BCUT2D eigenvalue weighted by Gasteiger charge is -2.46. The van der Waals surface area contributed by atoms with Crippen molar-refractivity contribution < 1.29 is 4.79 Å². The maximum Gasteiger partial charge on any atom is 0.236 e. The average Bonchev–Trinajstić information content (AvgIpc) is 2.46. The summed E-state index contributed by atoms with van der Waals surface area (Å²) in [6, 6.07) is 0.434. The fraction of sp³-hybridized carbons (Fsp3) is 0.941. The van der Waals surface area contributed by atoms with Crippen LogP contribution in [0.25, 0.3) is 0 Å². The van der Waals surface area contributed by atoms with Gasteiger partial charge in [-0.05, 0) is 50.1 Å². The Labute approximate surface area is 131 Å². The molecular weight excluding hydrogens is 262 g/mol. The van der Waals surface area contributed by atoms with E-state index in [9.17, 15) is 4.79 Å². The van der Waals surface area contributed by atoms with Crippen molar-refractivity contribution in [1.82, 2.24) is 9.80 Å². The van der Waals surface area contributed by atoms with Crippen molar-refractivity contribution in [2.45, 2.75) is 52.5 Å². The van der Waals surface area contributed by atoms with Crippen LogP contribution in [0, 0.1) is 17.3 Å². The van der Waals surface area contributed by atoms with Gasteiger partial charge in [0.1, 0.15) is 0 Å². The second-order valence-electron chi connectivity index (χ2n) is 7.62. The lowest BCUT2D eigenvalue weighted by Crippen LogP contribution is -2.49. The fourth-order valence-corrected chi connectivity index (χ4v) is 3.49. The SMILES string of the molecule is CCC(C)(C)C1CCC(CN)C(N(C)CC(=O)N(C)C)C1. The van der Waals surface area contributed by atoms with Gasteiger partial charge in [-0.1, -0.05) is 27.2 Å². The highest BCUT2D eigenvalue weighted by Gasteiger charge is 2.38. The van der Waals surface area contributed by atoms with Gasteiger partial charge in [-0.25, -0.2) is 0 Å². The van der Waals surface area contributed by atoms with Crippen molar-refractivity contribution in [3.05, 3.63) is 0 Å². The monoisotopic (exact) mass is 297 g/mol. The minimum absolute atomic E-state index is 0.171. The van der Waals surface area contributed by atoms with Crippen LogP contribution in [0.5, 0.6) is 0 Å². The summed E-state index contributed by atoms with van der Waals surface area (Å²) in [6.07, 6.45) is 4.84. The molecule has 0 aromatic rings. The molecule has 0 spiro atoms. The van der Waals surface area contributed by atoms with Crippen LogP contribution < -0.4 is 5.73 Å². The molecule has 0 saturated heterocycles. The zero-order valence-corrected chi connectivity index (χ0v) is 14.9. The Morgan fingerprint density at radius 1 is 1.24 bits per heavy atom. The third-order valence-corrected chi connectivity index (χ3v) is 5.72. The van der Waals surface area contributed by atoms with Gasteiger partial charge in [-0.15, -0.1) is 0 Å². The normalized spacial score (nSPS) is 27.0. The van der Waals surface area contributed by atoms with Gasteiger partial charge >= 0.3 is 0 Å². The molecule has 1 saturated carbocycles. The second kappa shape index (κ2) is 7.59. The van der Waals surface area contributed by atoms with Gasteiger partial charge in [0.2, 0.25) is 5.91 Å². The molecule has 0 aromatic carbocycles. The topological polar surface area (TPSA) is 49.6 Å².